The van der Waals surface area contributed by atoms with Crippen molar-refractivity contribution in [1.29, 1.82) is 0 Å². The molecule has 0 aliphatic rings. The second-order valence-electron chi connectivity index (χ2n) is 6.50. The second-order valence-corrected chi connectivity index (χ2v) is 6.94. The Kier molecular flexibility index (Phi) is 4.39. The van der Waals surface area contributed by atoms with Crippen LogP contribution in [0, 0.1) is 13.8 Å². The van der Waals surface area contributed by atoms with Crippen LogP contribution in [0.2, 0.25) is 5.02 Å². The molecule has 2 aromatic heterocycles. The van der Waals surface area contributed by atoms with Crippen LogP contribution in [0.25, 0.3) is 10.9 Å². The standard InChI is InChI=1S/C22H20ClN3/c1-14-6-5-9-20(24-14)26-22(16-10-12-17(23)13-11-16)21-15(2)25-19-8-4-3-7-18(19)21/h3-13,22,25H,1-2H3,(H,24,26). The monoisotopic (exact) mass is 361 g/mol. The Bertz CT molecular complexity index is 1050. The van der Waals surface area contributed by atoms with Crippen molar-refractivity contribution in [2.75, 3.05) is 5.32 Å². The van der Waals surface area contributed by atoms with Gasteiger partial charge < -0.3 is 10.3 Å². The normalized spacial score (nSPS) is 12.3. The lowest BCUT2D eigenvalue weighted by Crippen LogP contribution is -2.14. The summed E-state index contributed by atoms with van der Waals surface area (Å²) in [7, 11) is 0. The predicted octanol–water partition coefficient (Wildman–Crippen LogP) is 6.03. The molecule has 0 bridgehead atoms. The highest BCUT2D eigenvalue weighted by Gasteiger charge is 2.21. The zero-order valence-electron chi connectivity index (χ0n) is 14.8. The molecule has 3 nitrogen and oxygen atoms in total. The minimum Gasteiger partial charge on any atom is -0.359 e. The first kappa shape index (κ1) is 16.7. The molecule has 0 amide bonds. The molecule has 26 heavy (non-hydrogen) atoms. The number of aryl methyl sites for hydroxylation is 2. The number of halogens is 1. The van der Waals surface area contributed by atoms with E-state index in [-0.39, 0.29) is 6.04 Å². The molecule has 0 aliphatic heterocycles. The highest BCUT2D eigenvalue weighted by molar-refractivity contribution is 6.30. The number of H-pyrrole nitrogens is 1. The number of aromatic amines is 1. The number of hydrogen-bond donors (Lipinski definition) is 2. The maximum Gasteiger partial charge on any atom is 0.126 e. The first-order valence-electron chi connectivity index (χ1n) is 8.64. The maximum atomic E-state index is 6.11. The molecule has 1 unspecified atom stereocenters. The number of rotatable bonds is 4. The van der Waals surface area contributed by atoms with Crippen molar-refractivity contribution in [1.82, 2.24) is 9.97 Å². The van der Waals surface area contributed by atoms with Crippen LogP contribution in [-0.4, -0.2) is 9.97 Å². The summed E-state index contributed by atoms with van der Waals surface area (Å²) in [6, 6.07) is 22.4. The molecule has 4 aromatic rings. The van der Waals surface area contributed by atoms with E-state index in [1.807, 2.05) is 37.3 Å². The van der Waals surface area contributed by atoms with Gasteiger partial charge in [0.05, 0.1) is 6.04 Å². The fourth-order valence-corrected chi connectivity index (χ4v) is 3.55. The third-order valence-electron chi connectivity index (χ3n) is 4.62. The largest absolute Gasteiger partial charge is 0.359 e. The molecule has 0 fully saturated rings. The zero-order valence-corrected chi connectivity index (χ0v) is 15.5. The SMILES string of the molecule is Cc1cccc(NC(c2ccc(Cl)cc2)c2c(C)[nH]c3ccccc23)n1. The van der Waals surface area contributed by atoms with Crippen LogP contribution in [0.5, 0.6) is 0 Å². The predicted molar refractivity (Wildman–Crippen MR) is 109 cm³/mol. The molecule has 2 heterocycles. The van der Waals surface area contributed by atoms with Crippen LogP contribution in [0.1, 0.15) is 28.6 Å². The van der Waals surface area contributed by atoms with E-state index in [2.05, 4.69) is 58.6 Å². The second kappa shape index (κ2) is 6.85. The van der Waals surface area contributed by atoms with Gasteiger partial charge in [0.15, 0.2) is 0 Å². The average molecular weight is 362 g/mol. The van der Waals surface area contributed by atoms with Crippen LogP contribution in [0.3, 0.4) is 0 Å². The van der Waals surface area contributed by atoms with Gasteiger partial charge in [-0.15, -0.1) is 0 Å². The molecule has 2 aromatic carbocycles. The molecular weight excluding hydrogens is 342 g/mol. The molecule has 2 N–H and O–H groups in total. The number of nitrogens with one attached hydrogen (secondary N) is 2. The lowest BCUT2D eigenvalue weighted by atomic mass is 9.96. The lowest BCUT2D eigenvalue weighted by Gasteiger charge is -2.21. The Morgan fingerprint density at radius 1 is 0.923 bits per heavy atom. The van der Waals surface area contributed by atoms with Crippen LogP contribution in [-0.2, 0) is 0 Å². The minimum atomic E-state index is -0.0299. The molecule has 0 saturated carbocycles. The zero-order chi connectivity index (χ0) is 18.1. The quantitative estimate of drug-likeness (QED) is 0.465. The van der Waals surface area contributed by atoms with Gasteiger partial charge in [0.2, 0.25) is 0 Å². The van der Waals surface area contributed by atoms with E-state index in [1.165, 1.54) is 10.9 Å². The Labute approximate surface area is 158 Å². The van der Waals surface area contributed by atoms with E-state index in [0.29, 0.717) is 0 Å². The van der Waals surface area contributed by atoms with E-state index < -0.39 is 0 Å². The fraction of sp³-hybridized carbons (Fsp3) is 0.136. The first-order valence-corrected chi connectivity index (χ1v) is 9.02. The van der Waals surface area contributed by atoms with E-state index in [9.17, 15) is 0 Å². The number of anilines is 1. The summed E-state index contributed by atoms with van der Waals surface area (Å²) in [4.78, 5) is 8.13. The van der Waals surface area contributed by atoms with Gasteiger partial charge >= 0.3 is 0 Å². The summed E-state index contributed by atoms with van der Waals surface area (Å²) in [5.74, 6) is 0.856. The smallest absolute Gasteiger partial charge is 0.126 e. The van der Waals surface area contributed by atoms with Crippen molar-refractivity contribution in [3.63, 3.8) is 0 Å². The summed E-state index contributed by atoms with van der Waals surface area (Å²) in [5.41, 5.74) is 5.64. The van der Waals surface area contributed by atoms with Crippen LogP contribution >= 0.6 is 11.6 Å². The highest BCUT2D eigenvalue weighted by Crippen LogP contribution is 2.34. The summed E-state index contributed by atoms with van der Waals surface area (Å²) in [5, 5.41) is 5.56. The number of aromatic nitrogens is 2. The molecular formula is C22H20ClN3. The summed E-state index contributed by atoms with van der Waals surface area (Å²) >= 11 is 6.11. The molecule has 130 valence electrons. The molecule has 0 spiro atoms. The third-order valence-corrected chi connectivity index (χ3v) is 4.87. The Hall–Kier alpha value is -2.78. The topological polar surface area (TPSA) is 40.7 Å². The molecule has 0 saturated heterocycles. The van der Waals surface area contributed by atoms with Crippen molar-refractivity contribution in [3.8, 4) is 0 Å². The van der Waals surface area contributed by atoms with E-state index in [0.717, 1.165) is 33.3 Å². The fourth-order valence-electron chi connectivity index (χ4n) is 3.42. The maximum absolute atomic E-state index is 6.11. The lowest BCUT2D eigenvalue weighted by molar-refractivity contribution is 0.918. The van der Waals surface area contributed by atoms with Crippen molar-refractivity contribution >= 4 is 28.3 Å². The van der Waals surface area contributed by atoms with Gasteiger partial charge in [-0.25, -0.2) is 4.98 Å². The van der Waals surface area contributed by atoms with E-state index in [1.54, 1.807) is 0 Å². The Morgan fingerprint density at radius 2 is 1.69 bits per heavy atom. The number of hydrogen-bond acceptors (Lipinski definition) is 2. The Morgan fingerprint density at radius 3 is 2.46 bits per heavy atom. The van der Waals surface area contributed by atoms with E-state index >= 15 is 0 Å². The molecule has 0 radical (unpaired) electrons. The van der Waals surface area contributed by atoms with Crippen molar-refractivity contribution < 1.29 is 0 Å². The molecule has 0 aliphatic carbocycles. The molecule has 4 heteroatoms. The molecule has 1 atom stereocenters. The van der Waals surface area contributed by atoms with Gasteiger partial charge in [-0.1, -0.05) is 48.0 Å². The number of fused-ring (bicyclic) bond motifs is 1. The van der Waals surface area contributed by atoms with Gasteiger partial charge in [-0.05, 0) is 49.7 Å². The summed E-state index contributed by atoms with van der Waals surface area (Å²) < 4.78 is 0. The van der Waals surface area contributed by atoms with Gasteiger partial charge in [0, 0.05) is 32.9 Å². The minimum absolute atomic E-state index is 0.0299. The van der Waals surface area contributed by atoms with Crippen molar-refractivity contribution in [2.45, 2.75) is 19.9 Å². The van der Waals surface area contributed by atoms with Crippen molar-refractivity contribution in [3.05, 3.63) is 94.3 Å². The van der Waals surface area contributed by atoms with Crippen molar-refractivity contribution in [2.24, 2.45) is 0 Å². The summed E-state index contributed by atoms with van der Waals surface area (Å²) in [6.07, 6.45) is 0. The first-order chi connectivity index (χ1) is 12.6. The van der Waals surface area contributed by atoms with Gasteiger partial charge in [0.25, 0.3) is 0 Å². The molecule has 4 rings (SSSR count). The highest BCUT2D eigenvalue weighted by atomic mass is 35.5. The van der Waals surface area contributed by atoms with Gasteiger partial charge in [-0.3, -0.25) is 0 Å². The van der Waals surface area contributed by atoms with Crippen LogP contribution < -0.4 is 5.32 Å². The number of pyridine rings is 1. The average Bonchev–Trinajstić information content (AvgIpc) is 2.96. The third kappa shape index (κ3) is 3.18. The summed E-state index contributed by atoms with van der Waals surface area (Å²) in [6.45, 7) is 4.11. The van der Waals surface area contributed by atoms with E-state index in [4.69, 9.17) is 11.6 Å². The number of para-hydroxylation sites is 1. The van der Waals surface area contributed by atoms with Gasteiger partial charge in [0.1, 0.15) is 5.82 Å². The Balaban J connectivity index is 1.87. The number of nitrogens with zero attached hydrogens (tertiary/aromatic N) is 1. The van der Waals surface area contributed by atoms with Crippen LogP contribution in [0.15, 0.2) is 66.7 Å². The van der Waals surface area contributed by atoms with Gasteiger partial charge in [-0.2, -0.15) is 0 Å². The van der Waals surface area contributed by atoms with Crippen LogP contribution in [0.4, 0.5) is 5.82 Å². The number of benzene rings is 2.